The van der Waals surface area contributed by atoms with Crippen molar-refractivity contribution >= 4 is 76.9 Å². The van der Waals surface area contributed by atoms with Gasteiger partial charge in [0, 0.05) is 39.0 Å². The fraction of sp³-hybridized carbons (Fsp3) is 0.0370. The third-order valence-corrected chi connectivity index (χ3v) is 11.6. The van der Waals surface area contributed by atoms with Crippen LogP contribution < -0.4 is 4.90 Å². The second-order valence-corrected chi connectivity index (χ2v) is 14.9. The Morgan fingerprint density at radius 1 is 0.464 bits per heavy atom. The fourth-order valence-corrected chi connectivity index (χ4v) is 8.80. The largest absolute Gasteiger partial charge is 0.455 e. The van der Waals surface area contributed by atoms with Crippen LogP contribution in [-0.2, 0) is 0 Å². The van der Waals surface area contributed by atoms with Gasteiger partial charge in [-0.1, -0.05) is 158 Å². The summed E-state index contributed by atoms with van der Waals surface area (Å²) in [6, 6.07) is 68.3. The Kier molecular flexibility index (Phi) is 7.67. The molecule has 0 N–H and O–H groups in total. The van der Waals surface area contributed by atoms with Crippen molar-refractivity contribution < 1.29 is 4.42 Å². The highest BCUT2D eigenvalue weighted by Gasteiger charge is 2.21. The van der Waals surface area contributed by atoms with E-state index < -0.39 is 0 Å². The Morgan fingerprint density at radius 2 is 1.14 bits per heavy atom. The van der Waals surface area contributed by atoms with Crippen molar-refractivity contribution in [1.29, 1.82) is 0 Å². The summed E-state index contributed by atoms with van der Waals surface area (Å²) in [7, 11) is 0. The molecule has 0 spiro atoms. The van der Waals surface area contributed by atoms with Gasteiger partial charge in [0.1, 0.15) is 11.2 Å². The SMILES string of the molecule is C1=CC(c2ccc(N(c3ccc4c(ccc5ccccc54)c3)c3ccccc3-c3ccc4oc5c6ccccc6ccc5c4c3)cc2)CC(c2ccccc2)=C1. The first kappa shape index (κ1) is 32.3. The van der Waals surface area contributed by atoms with Gasteiger partial charge in [-0.2, -0.15) is 0 Å². The van der Waals surface area contributed by atoms with Gasteiger partial charge >= 0.3 is 0 Å². The lowest BCUT2D eigenvalue weighted by Gasteiger charge is -2.29. The zero-order valence-electron chi connectivity index (χ0n) is 30.8. The maximum atomic E-state index is 6.52. The molecule has 0 bridgehead atoms. The number of anilines is 3. The molecule has 0 saturated heterocycles. The molecule has 11 rings (SSSR count). The monoisotopic (exact) mass is 715 g/mol. The molecular weight excluding hydrogens is 679 g/mol. The summed E-state index contributed by atoms with van der Waals surface area (Å²) < 4.78 is 6.52. The third kappa shape index (κ3) is 5.49. The number of para-hydroxylation sites is 1. The second-order valence-electron chi connectivity index (χ2n) is 14.9. The van der Waals surface area contributed by atoms with E-state index in [2.05, 4.69) is 211 Å². The lowest BCUT2D eigenvalue weighted by molar-refractivity contribution is 0.672. The lowest BCUT2D eigenvalue weighted by atomic mass is 9.85. The zero-order chi connectivity index (χ0) is 37.0. The van der Waals surface area contributed by atoms with E-state index in [1.54, 1.807) is 0 Å². The number of benzene rings is 9. The highest BCUT2D eigenvalue weighted by molar-refractivity contribution is 6.16. The molecule has 1 aromatic heterocycles. The number of hydrogen-bond donors (Lipinski definition) is 0. The van der Waals surface area contributed by atoms with Crippen LogP contribution in [0, 0.1) is 0 Å². The smallest absolute Gasteiger partial charge is 0.143 e. The van der Waals surface area contributed by atoms with Gasteiger partial charge in [0.2, 0.25) is 0 Å². The standard InChI is InChI=1S/C54H37NO/c1-2-11-36(12-3-1)40-15-10-16-41(33-40)37-23-27-44(28-24-37)55(45-29-31-47-42(34-45)22-21-38-13-4-6-17-46(38)47)52-20-9-8-18-48(52)43-26-32-53-51(35-43)50-30-25-39-14-5-7-19-49(39)54(50)56-53/h1-32,34-35,41H,33H2. The predicted molar refractivity (Wildman–Crippen MR) is 237 cm³/mol. The average Bonchev–Trinajstić information content (AvgIpc) is 3.66. The van der Waals surface area contributed by atoms with Gasteiger partial charge in [-0.3, -0.25) is 0 Å². The van der Waals surface area contributed by atoms with Crippen molar-refractivity contribution in [2.75, 3.05) is 4.90 Å². The number of fused-ring (bicyclic) bond motifs is 8. The van der Waals surface area contributed by atoms with Gasteiger partial charge in [0.15, 0.2) is 0 Å². The minimum absolute atomic E-state index is 0.313. The van der Waals surface area contributed by atoms with Crippen molar-refractivity contribution in [3.8, 4) is 11.1 Å². The van der Waals surface area contributed by atoms with Crippen molar-refractivity contribution in [3.05, 3.63) is 217 Å². The maximum Gasteiger partial charge on any atom is 0.143 e. The van der Waals surface area contributed by atoms with Crippen LogP contribution in [0.3, 0.4) is 0 Å². The average molecular weight is 716 g/mol. The van der Waals surface area contributed by atoms with Gasteiger partial charge in [0.25, 0.3) is 0 Å². The van der Waals surface area contributed by atoms with Gasteiger partial charge in [0.05, 0.1) is 5.69 Å². The molecular formula is C54H37NO. The fourth-order valence-electron chi connectivity index (χ4n) is 8.80. The van der Waals surface area contributed by atoms with Gasteiger partial charge in [-0.05, 0) is 104 Å². The zero-order valence-corrected chi connectivity index (χ0v) is 30.8. The Morgan fingerprint density at radius 3 is 2.02 bits per heavy atom. The van der Waals surface area contributed by atoms with Crippen LogP contribution >= 0.6 is 0 Å². The van der Waals surface area contributed by atoms with E-state index in [4.69, 9.17) is 4.42 Å². The van der Waals surface area contributed by atoms with E-state index in [1.165, 1.54) is 43.6 Å². The second kappa shape index (κ2) is 13.3. The normalized spacial score (nSPS) is 14.2. The topological polar surface area (TPSA) is 16.4 Å². The molecule has 1 aliphatic rings. The van der Waals surface area contributed by atoms with E-state index in [9.17, 15) is 0 Å². The van der Waals surface area contributed by atoms with Gasteiger partial charge in [-0.25, -0.2) is 0 Å². The summed E-state index contributed by atoms with van der Waals surface area (Å²) in [6.45, 7) is 0. The van der Waals surface area contributed by atoms with Crippen LogP contribution in [0.1, 0.15) is 23.5 Å². The van der Waals surface area contributed by atoms with Crippen LogP contribution in [0.4, 0.5) is 17.1 Å². The van der Waals surface area contributed by atoms with Crippen molar-refractivity contribution in [1.82, 2.24) is 0 Å². The molecule has 0 fully saturated rings. The highest BCUT2D eigenvalue weighted by atomic mass is 16.3. The van der Waals surface area contributed by atoms with E-state index in [-0.39, 0.29) is 0 Å². The van der Waals surface area contributed by atoms with Crippen LogP contribution in [0.15, 0.2) is 211 Å². The first-order valence-corrected chi connectivity index (χ1v) is 19.4. The number of hydrogen-bond acceptors (Lipinski definition) is 2. The summed E-state index contributed by atoms with van der Waals surface area (Å²) in [5.41, 5.74) is 11.5. The molecule has 2 nitrogen and oxygen atoms in total. The summed E-state index contributed by atoms with van der Waals surface area (Å²) in [5, 5.41) is 9.57. The Balaban J connectivity index is 1.04. The number of allylic oxidation sites excluding steroid dienone is 4. The summed E-state index contributed by atoms with van der Waals surface area (Å²) in [5.74, 6) is 0.313. The molecule has 1 heterocycles. The minimum atomic E-state index is 0.313. The molecule has 0 saturated carbocycles. The van der Waals surface area contributed by atoms with E-state index >= 15 is 0 Å². The summed E-state index contributed by atoms with van der Waals surface area (Å²) >= 11 is 0. The van der Waals surface area contributed by atoms with Crippen LogP contribution in [0.25, 0.3) is 71.0 Å². The van der Waals surface area contributed by atoms with E-state index in [0.29, 0.717) is 5.92 Å². The summed E-state index contributed by atoms with van der Waals surface area (Å²) in [6.07, 6.45) is 7.79. The number of rotatable bonds is 6. The maximum absolute atomic E-state index is 6.52. The minimum Gasteiger partial charge on any atom is -0.455 e. The molecule has 2 heteroatoms. The van der Waals surface area contributed by atoms with Crippen LogP contribution in [-0.4, -0.2) is 0 Å². The number of furan rings is 1. The first-order valence-electron chi connectivity index (χ1n) is 19.4. The number of nitrogens with zero attached hydrogens (tertiary/aromatic N) is 1. The Bertz CT molecular complexity index is 3170. The highest BCUT2D eigenvalue weighted by Crippen LogP contribution is 2.44. The van der Waals surface area contributed by atoms with Gasteiger partial charge in [-0.15, -0.1) is 0 Å². The lowest BCUT2D eigenvalue weighted by Crippen LogP contribution is -2.11. The van der Waals surface area contributed by atoms with Crippen molar-refractivity contribution in [2.45, 2.75) is 12.3 Å². The van der Waals surface area contributed by atoms with Crippen molar-refractivity contribution in [3.63, 3.8) is 0 Å². The molecule has 9 aromatic carbocycles. The quantitative estimate of drug-likeness (QED) is 0.159. The Labute approximate surface area is 325 Å². The first-order chi connectivity index (χ1) is 27.7. The van der Waals surface area contributed by atoms with E-state index in [1.807, 2.05) is 0 Å². The predicted octanol–water partition coefficient (Wildman–Crippen LogP) is 15.3. The van der Waals surface area contributed by atoms with E-state index in [0.717, 1.165) is 61.9 Å². The van der Waals surface area contributed by atoms with Crippen LogP contribution in [0.5, 0.6) is 0 Å². The van der Waals surface area contributed by atoms with Gasteiger partial charge < -0.3 is 9.32 Å². The Hall–Kier alpha value is -7.16. The third-order valence-electron chi connectivity index (χ3n) is 11.6. The molecule has 0 amide bonds. The summed E-state index contributed by atoms with van der Waals surface area (Å²) in [4.78, 5) is 2.42. The van der Waals surface area contributed by atoms with Crippen molar-refractivity contribution in [2.24, 2.45) is 0 Å². The molecule has 10 aromatic rings. The molecule has 264 valence electrons. The molecule has 0 aliphatic heterocycles. The molecule has 1 unspecified atom stereocenters. The molecule has 56 heavy (non-hydrogen) atoms. The molecule has 1 atom stereocenters. The molecule has 1 aliphatic carbocycles. The molecule has 0 radical (unpaired) electrons. The van der Waals surface area contributed by atoms with Crippen LogP contribution in [0.2, 0.25) is 0 Å².